The summed E-state index contributed by atoms with van der Waals surface area (Å²) in [7, 11) is 0. The van der Waals surface area contributed by atoms with Gasteiger partial charge in [-0.15, -0.1) is 0 Å². The predicted molar refractivity (Wildman–Crippen MR) is 74.0 cm³/mol. The van der Waals surface area contributed by atoms with Crippen molar-refractivity contribution < 1.29 is 5.11 Å². The van der Waals surface area contributed by atoms with E-state index >= 15 is 0 Å². The highest BCUT2D eigenvalue weighted by Crippen LogP contribution is 2.21. The molecule has 0 saturated heterocycles. The van der Waals surface area contributed by atoms with Gasteiger partial charge in [0.15, 0.2) is 0 Å². The van der Waals surface area contributed by atoms with E-state index in [4.69, 9.17) is 11.6 Å². The Bertz CT molecular complexity index is 531. The molecule has 2 rings (SSSR count). The molecule has 0 radical (unpaired) electrons. The van der Waals surface area contributed by atoms with Gasteiger partial charge in [0.25, 0.3) is 0 Å². The van der Waals surface area contributed by atoms with Gasteiger partial charge in [0.05, 0.1) is 11.6 Å². The zero-order chi connectivity index (χ0) is 13.0. The molecule has 2 N–H and O–H groups in total. The van der Waals surface area contributed by atoms with Crippen LogP contribution in [-0.2, 0) is 0 Å². The zero-order valence-corrected chi connectivity index (χ0v) is 11.0. The van der Waals surface area contributed by atoms with E-state index in [0.29, 0.717) is 0 Å². The summed E-state index contributed by atoms with van der Waals surface area (Å²) in [5, 5.41) is 13.6. The average Bonchev–Trinajstić information content (AvgIpc) is 2.34. The van der Waals surface area contributed by atoms with E-state index in [9.17, 15) is 5.11 Å². The first kappa shape index (κ1) is 13.1. The van der Waals surface area contributed by atoms with Gasteiger partial charge in [0, 0.05) is 11.9 Å². The van der Waals surface area contributed by atoms with Crippen molar-refractivity contribution in [3.8, 4) is 0 Å². The third kappa shape index (κ3) is 3.31. The van der Waals surface area contributed by atoms with E-state index in [1.165, 1.54) is 0 Å². The molecule has 0 saturated carbocycles. The third-order valence-electron chi connectivity index (χ3n) is 2.67. The molecule has 1 aromatic carbocycles. The van der Waals surface area contributed by atoms with Crippen molar-refractivity contribution in [2.75, 3.05) is 11.9 Å². The molecule has 0 spiro atoms. The first-order chi connectivity index (χ1) is 8.66. The number of fused-ring (bicyclic) bond motifs is 1. The van der Waals surface area contributed by atoms with Gasteiger partial charge in [-0.1, -0.05) is 12.1 Å². The number of nitrogens with zero attached hydrogens (tertiary/aromatic N) is 2. The van der Waals surface area contributed by atoms with Crippen LogP contribution in [0.5, 0.6) is 0 Å². The van der Waals surface area contributed by atoms with Crippen LogP contribution in [0.25, 0.3) is 10.9 Å². The van der Waals surface area contributed by atoms with Crippen LogP contribution < -0.4 is 5.32 Å². The first-order valence-corrected chi connectivity index (χ1v) is 6.39. The Labute approximate surface area is 111 Å². The Balaban J connectivity index is 2.12. The summed E-state index contributed by atoms with van der Waals surface area (Å²) in [5.74, 6) is 0.746. The number of hydrogen-bond donors (Lipinski definition) is 2. The van der Waals surface area contributed by atoms with Crippen LogP contribution in [0, 0.1) is 0 Å². The fourth-order valence-corrected chi connectivity index (χ4v) is 1.96. The highest BCUT2D eigenvalue weighted by atomic mass is 35.5. The number of benzene rings is 1. The van der Waals surface area contributed by atoms with Crippen molar-refractivity contribution in [2.45, 2.75) is 25.9 Å². The summed E-state index contributed by atoms with van der Waals surface area (Å²) in [6.07, 6.45) is 1.38. The van der Waals surface area contributed by atoms with Crippen molar-refractivity contribution in [1.29, 1.82) is 0 Å². The summed E-state index contributed by atoms with van der Waals surface area (Å²) >= 11 is 5.88. The Morgan fingerprint density at radius 2 is 2.11 bits per heavy atom. The van der Waals surface area contributed by atoms with Gasteiger partial charge in [-0.05, 0) is 43.5 Å². The maximum absolute atomic E-state index is 9.19. The Kier molecular flexibility index (Phi) is 4.33. The number of aliphatic hydroxyl groups is 1. The van der Waals surface area contributed by atoms with Gasteiger partial charge in [0.2, 0.25) is 5.28 Å². The van der Waals surface area contributed by atoms with Gasteiger partial charge in [-0.2, -0.15) is 0 Å². The molecule has 0 aliphatic heterocycles. The van der Waals surface area contributed by atoms with E-state index in [1.807, 2.05) is 24.3 Å². The molecular weight excluding hydrogens is 250 g/mol. The van der Waals surface area contributed by atoms with Crippen LogP contribution in [0.3, 0.4) is 0 Å². The molecule has 0 aliphatic carbocycles. The number of para-hydroxylation sites is 1. The number of nitrogens with one attached hydrogen (secondary N) is 1. The molecule has 4 nitrogen and oxygen atoms in total. The van der Waals surface area contributed by atoms with Gasteiger partial charge < -0.3 is 10.4 Å². The lowest BCUT2D eigenvalue weighted by Crippen LogP contribution is -2.08. The average molecular weight is 266 g/mol. The monoisotopic (exact) mass is 265 g/mol. The molecule has 1 aromatic heterocycles. The summed E-state index contributed by atoms with van der Waals surface area (Å²) in [4.78, 5) is 8.37. The zero-order valence-electron chi connectivity index (χ0n) is 10.2. The van der Waals surface area contributed by atoms with Crippen LogP contribution in [-0.4, -0.2) is 27.7 Å². The van der Waals surface area contributed by atoms with Crippen molar-refractivity contribution in [3.05, 3.63) is 29.5 Å². The van der Waals surface area contributed by atoms with E-state index < -0.39 is 0 Å². The second-order valence-corrected chi connectivity index (χ2v) is 4.61. The number of rotatable bonds is 5. The maximum atomic E-state index is 9.19. The molecule has 0 amide bonds. The van der Waals surface area contributed by atoms with Gasteiger partial charge in [-0.3, -0.25) is 0 Å². The predicted octanol–water partition coefficient (Wildman–Crippen LogP) is 2.86. The van der Waals surface area contributed by atoms with Gasteiger partial charge in [0.1, 0.15) is 5.82 Å². The second kappa shape index (κ2) is 5.98. The van der Waals surface area contributed by atoms with Crippen LogP contribution in [0.1, 0.15) is 19.8 Å². The number of anilines is 1. The molecule has 0 fully saturated rings. The standard InChI is InChI=1S/C13H16ClN3O/c1-9(18)5-4-8-15-12-10-6-2-3-7-11(10)16-13(14)17-12/h2-3,6-7,9,18H,4-5,8H2,1H3,(H,15,16,17). The Morgan fingerprint density at radius 3 is 2.89 bits per heavy atom. The number of hydrogen-bond acceptors (Lipinski definition) is 4. The normalized spacial score (nSPS) is 12.6. The van der Waals surface area contributed by atoms with Gasteiger partial charge >= 0.3 is 0 Å². The number of halogens is 1. The minimum absolute atomic E-state index is 0.242. The van der Waals surface area contributed by atoms with Crippen molar-refractivity contribution >= 4 is 28.3 Å². The van der Waals surface area contributed by atoms with Crippen molar-refractivity contribution in [1.82, 2.24) is 9.97 Å². The molecule has 0 bridgehead atoms. The van der Waals surface area contributed by atoms with Crippen LogP contribution in [0.2, 0.25) is 5.28 Å². The van der Waals surface area contributed by atoms with E-state index in [2.05, 4.69) is 15.3 Å². The molecule has 1 unspecified atom stereocenters. The van der Waals surface area contributed by atoms with Crippen molar-refractivity contribution in [2.24, 2.45) is 0 Å². The first-order valence-electron chi connectivity index (χ1n) is 6.01. The summed E-state index contributed by atoms with van der Waals surface area (Å²) < 4.78 is 0. The smallest absolute Gasteiger partial charge is 0.224 e. The highest BCUT2D eigenvalue weighted by Gasteiger charge is 2.05. The SMILES string of the molecule is CC(O)CCCNc1nc(Cl)nc2ccccc12. The molecule has 1 heterocycles. The molecule has 0 aliphatic rings. The fourth-order valence-electron chi connectivity index (χ4n) is 1.79. The lowest BCUT2D eigenvalue weighted by Gasteiger charge is -2.09. The minimum Gasteiger partial charge on any atom is -0.393 e. The fraction of sp³-hybridized carbons (Fsp3) is 0.385. The lowest BCUT2D eigenvalue weighted by atomic mass is 10.2. The highest BCUT2D eigenvalue weighted by molar-refractivity contribution is 6.28. The minimum atomic E-state index is -0.266. The van der Waals surface area contributed by atoms with E-state index in [-0.39, 0.29) is 11.4 Å². The van der Waals surface area contributed by atoms with Crippen LogP contribution in [0.4, 0.5) is 5.82 Å². The summed E-state index contributed by atoms with van der Waals surface area (Å²) in [6.45, 7) is 2.54. The van der Waals surface area contributed by atoms with Gasteiger partial charge in [-0.25, -0.2) is 9.97 Å². The summed E-state index contributed by atoms with van der Waals surface area (Å²) in [5.41, 5.74) is 0.829. The quantitative estimate of drug-likeness (QED) is 0.645. The Hall–Kier alpha value is -1.39. The molecular formula is C13H16ClN3O. The molecule has 1 atom stereocenters. The number of aliphatic hydroxyl groups excluding tert-OH is 1. The lowest BCUT2D eigenvalue weighted by molar-refractivity contribution is 0.183. The maximum Gasteiger partial charge on any atom is 0.224 e. The third-order valence-corrected chi connectivity index (χ3v) is 2.84. The second-order valence-electron chi connectivity index (χ2n) is 4.28. The topological polar surface area (TPSA) is 58.0 Å². The summed E-state index contributed by atoms with van der Waals surface area (Å²) in [6, 6.07) is 7.73. The van der Waals surface area contributed by atoms with Crippen LogP contribution in [0.15, 0.2) is 24.3 Å². The Morgan fingerprint density at radius 1 is 1.33 bits per heavy atom. The molecule has 5 heteroatoms. The number of aromatic nitrogens is 2. The largest absolute Gasteiger partial charge is 0.393 e. The molecule has 2 aromatic rings. The van der Waals surface area contributed by atoms with Crippen LogP contribution >= 0.6 is 11.6 Å². The van der Waals surface area contributed by atoms with Crippen molar-refractivity contribution in [3.63, 3.8) is 0 Å². The molecule has 18 heavy (non-hydrogen) atoms. The van der Waals surface area contributed by atoms with E-state index in [1.54, 1.807) is 6.92 Å². The molecule has 96 valence electrons. The van der Waals surface area contributed by atoms with E-state index in [0.717, 1.165) is 36.1 Å².